The van der Waals surface area contributed by atoms with Crippen LogP contribution in [0.3, 0.4) is 0 Å². The van der Waals surface area contributed by atoms with E-state index >= 15 is 0 Å². The summed E-state index contributed by atoms with van der Waals surface area (Å²) in [6.45, 7) is 7.47. The highest BCUT2D eigenvalue weighted by Crippen LogP contribution is 2.31. The largest absolute Gasteiger partial charge is 0.355 e. The minimum atomic E-state index is -0.0936. The fourth-order valence-corrected chi connectivity index (χ4v) is 4.03. The van der Waals surface area contributed by atoms with Crippen LogP contribution in [0.15, 0.2) is 28.8 Å². The lowest BCUT2D eigenvalue weighted by Crippen LogP contribution is -2.41. The van der Waals surface area contributed by atoms with E-state index in [4.69, 9.17) is 9.51 Å². The van der Waals surface area contributed by atoms with Crippen LogP contribution in [0.2, 0.25) is 0 Å². The van der Waals surface area contributed by atoms with Gasteiger partial charge in [-0.2, -0.15) is 4.98 Å². The van der Waals surface area contributed by atoms with Gasteiger partial charge in [-0.3, -0.25) is 4.79 Å². The third kappa shape index (κ3) is 3.81. The third-order valence-corrected chi connectivity index (χ3v) is 5.58. The number of anilines is 2. The topological polar surface area (TPSA) is 84.2 Å². The zero-order valence-corrected chi connectivity index (χ0v) is 17.2. The first-order chi connectivity index (χ1) is 14.1. The predicted octanol–water partition coefficient (Wildman–Crippen LogP) is 3.91. The van der Waals surface area contributed by atoms with Crippen molar-refractivity contribution in [2.24, 2.45) is 5.92 Å². The van der Waals surface area contributed by atoms with Gasteiger partial charge < -0.3 is 14.7 Å². The normalized spacial score (nSPS) is 16.9. The van der Waals surface area contributed by atoms with Gasteiger partial charge in [0.15, 0.2) is 0 Å². The molecule has 0 saturated carbocycles. The zero-order chi connectivity index (χ0) is 20.4. The van der Waals surface area contributed by atoms with Gasteiger partial charge in [-0.1, -0.05) is 37.2 Å². The number of aryl methyl sites for hydroxylation is 3. The summed E-state index contributed by atoms with van der Waals surface area (Å²) in [6, 6.07) is 7.99. The second-order valence-corrected chi connectivity index (χ2v) is 7.54. The van der Waals surface area contributed by atoms with E-state index < -0.39 is 0 Å². The summed E-state index contributed by atoms with van der Waals surface area (Å²) in [5.41, 5.74) is 3.44. The van der Waals surface area contributed by atoms with E-state index in [1.54, 1.807) is 0 Å². The van der Waals surface area contributed by atoms with E-state index in [0.717, 1.165) is 60.4 Å². The minimum absolute atomic E-state index is 0.0682. The van der Waals surface area contributed by atoms with Gasteiger partial charge in [-0.25, -0.2) is 4.98 Å². The molecule has 1 aliphatic rings. The number of nitrogens with zero attached hydrogens (tertiary/aromatic N) is 4. The van der Waals surface area contributed by atoms with Crippen molar-refractivity contribution in [3.8, 4) is 0 Å². The molecular formula is C22H27N5O2. The standard InChI is InChI=1S/C22H27N5O2/c1-4-15-9-6-7-11-18(15)25-21(28)16-10-8-12-27(13-16)20-19-17(5-2)26-29-22(19)24-14(3)23-20/h6-7,9,11,16H,4-5,8,10,12-13H2,1-3H3,(H,25,28). The highest BCUT2D eigenvalue weighted by atomic mass is 16.5. The van der Waals surface area contributed by atoms with Crippen LogP contribution < -0.4 is 10.2 Å². The summed E-state index contributed by atoms with van der Waals surface area (Å²) >= 11 is 0. The average Bonchev–Trinajstić information content (AvgIpc) is 3.16. The molecule has 7 heteroatoms. The Morgan fingerprint density at radius 1 is 1.24 bits per heavy atom. The number of piperidine rings is 1. The van der Waals surface area contributed by atoms with Gasteiger partial charge in [0.2, 0.25) is 5.91 Å². The van der Waals surface area contributed by atoms with Gasteiger partial charge in [0, 0.05) is 18.8 Å². The van der Waals surface area contributed by atoms with Gasteiger partial charge in [0.05, 0.1) is 11.6 Å². The SMILES string of the molecule is CCc1ccccc1NC(=O)C1CCCN(c2nc(C)nc3onc(CC)c23)C1. The Hall–Kier alpha value is -2.96. The molecule has 3 aromatic rings. The number of nitrogens with one attached hydrogen (secondary N) is 1. The maximum atomic E-state index is 13.0. The van der Waals surface area contributed by atoms with E-state index in [0.29, 0.717) is 18.1 Å². The molecule has 4 rings (SSSR count). The lowest BCUT2D eigenvalue weighted by atomic mass is 9.96. The Bertz CT molecular complexity index is 1030. The molecule has 1 N–H and O–H groups in total. The molecule has 1 fully saturated rings. The number of rotatable bonds is 5. The lowest BCUT2D eigenvalue weighted by Gasteiger charge is -2.33. The van der Waals surface area contributed by atoms with Crippen molar-refractivity contribution >= 4 is 28.5 Å². The number of fused-ring (bicyclic) bond motifs is 1. The number of carbonyl (C=O) groups excluding carboxylic acids is 1. The first kappa shape index (κ1) is 19.4. The van der Waals surface area contributed by atoms with Crippen molar-refractivity contribution in [3.05, 3.63) is 41.3 Å². The number of para-hydroxylation sites is 1. The van der Waals surface area contributed by atoms with Gasteiger partial charge >= 0.3 is 0 Å². The first-order valence-corrected chi connectivity index (χ1v) is 10.4. The van der Waals surface area contributed by atoms with Crippen LogP contribution in [0.1, 0.15) is 43.8 Å². The van der Waals surface area contributed by atoms with E-state index in [9.17, 15) is 4.79 Å². The smallest absolute Gasteiger partial charge is 0.263 e. The van der Waals surface area contributed by atoms with Gasteiger partial charge in [0.25, 0.3) is 5.71 Å². The molecule has 1 aliphatic heterocycles. The Morgan fingerprint density at radius 3 is 2.86 bits per heavy atom. The van der Waals surface area contributed by atoms with Gasteiger partial charge in [-0.05, 0) is 44.2 Å². The Balaban J connectivity index is 1.58. The second-order valence-electron chi connectivity index (χ2n) is 7.54. The predicted molar refractivity (Wildman–Crippen MR) is 113 cm³/mol. The molecule has 1 amide bonds. The lowest BCUT2D eigenvalue weighted by molar-refractivity contribution is -0.120. The Morgan fingerprint density at radius 2 is 2.07 bits per heavy atom. The fraction of sp³-hybridized carbons (Fsp3) is 0.455. The van der Waals surface area contributed by atoms with Crippen LogP contribution in [-0.2, 0) is 17.6 Å². The van der Waals surface area contributed by atoms with Crippen molar-refractivity contribution < 1.29 is 9.32 Å². The molecule has 0 bridgehead atoms. The summed E-state index contributed by atoms with van der Waals surface area (Å²) in [4.78, 5) is 24.3. The minimum Gasteiger partial charge on any atom is -0.355 e. The van der Waals surface area contributed by atoms with Crippen molar-refractivity contribution in [2.45, 2.75) is 46.5 Å². The number of carbonyl (C=O) groups is 1. The van der Waals surface area contributed by atoms with E-state index in [1.165, 1.54) is 0 Å². The van der Waals surface area contributed by atoms with Gasteiger partial charge in [0.1, 0.15) is 17.0 Å². The summed E-state index contributed by atoms with van der Waals surface area (Å²) in [5, 5.41) is 8.17. The fourth-order valence-electron chi connectivity index (χ4n) is 4.03. The van der Waals surface area contributed by atoms with Crippen LogP contribution in [0.5, 0.6) is 0 Å². The van der Waals surface area contributed by atoms with Crippen molar-refractivity contribution in [1.29, 1.82) is 0 Å². The third-order valence-electron chi connectivity index (χ3n) is 5.58. The van der Waals surface area contributed by atoms with Crippen molar-refractivity contribution in [3.63, 3.8) is 0 Å². The zero-order valence-electron chi connectivity index (χ0n) is 17.2. The second kappa shape index (κ2) is 8.19. The molecule has 1 aromatic carbocycles. The van der Waals surface area contributed by atoms with Crippen LogP contribution in [0.4, 0.5) is 11.5 Å². The molecule has 1 unspecified atom stereocenters. The molecule has 1 atom stereocenters. The molecule has 152 valence electrons. The number of benzene rings is 1. The quantitative estimate of drug-likeness (QED) is 0.708. The monoisotopic (exact) mass is 393 g/mol. The number of hydrogen-bond acceptors (Lipinski definition) is 6. The highest BCUT2D eigenvalue weighted by molar-refractivity contribution is 5.94. The molecule has 0 aliphatic carbocycles. The van der Waals surface area contributed by atoms with Crippen LogP contribution in [-0.4, -0.2) is 34.1 Å². The molecule has 2 aromatic heterocycles. The van der Waals surface area contributed by atoms with Crippen molar-refractivity contribution in [2.75, 3.05) is 23.3 Å². The summed E-state index contributed by atoms with van der Waals surface area (Å²) in [6.07, 6.45) is 3.44. The van der Waals surface area contributed by atoms with Crippen LogP contribution >= 0.6 is 0 Å². The number of hydrogen-bond donors (Lipinski definition) is 1. The first-order valence-electron chi connectivity index (χ1n) is 10.4. The molecule has 29 heavy (non-hydrogen) atoms. The summed E-state index contributed by atoms with van der Waals surface area (Å²) < 4.78 is 5.42. The van der Waals surface area contributed by atoms with Crippen LogP contribution in [0.25, 0.3) is 11.1 Å². The van der Waals surface area contributed by atoms with Crippen LogP contribution in [0, 0.1) is 12.8 Å². The molecule has 0 spiro atoms. The summed E-state index contributed by atoms with van der Waals surface area (Å²) in [5.74, 6) is 1.45. The van der Waals surface area contributed by atoms with E-state index in [1.807, 2.05) is 32.0 Å². The van der Waals surface area contributed by atoms with Gasteiger partial charge in [-0.15, -0.1) is 0 Å². The highest BCUT2D eigenvalue weighted by Gasteiger charge is 2.29. The Kier molecular flexibility index (Phi) is 5.47. The number of amides is 1. The average molecular weight is 393 g/mol. The molecule has 7 nitrogen and oxygen atoms in total. The molecule has 3 heterocycles. The molecule has 1 saturated heterocycles. The van der Waals surface area contributed by atoms with E-state index in [-0.39, 0.29) is 11.8 Å². The molecular weight excluding hydrogens is 366 g/mol. The van der Waals surface area contributed by atoms with Crippen molar-refractivity contribution in [1.82, 2.24) is 15.1 Å². The maximum Gasteiger partial charge on any atom is 0.263 e. The maximum absolute atomic E-state index is 13.0. The summed E-state index contributed by atoms with van der Waals surface area (Å²) in [7, 11) is 0. The van der Waals surface area contributed by atoms with E-state index in [2.05, 4.69) is 33.3 Å². The molecule has 0 radical (unpaired) electrons. The Labute approximate surface area is 170 Å². The number of aromatic nitrogens is 3.